The first-order chi connectivity index (χ1) is 11.1. The van der Waals surface area contributed by atoms with Crippen LogP contribution in [0.25, 0.3) is 10.2 Å². The predicted molar refractivity (Wildman–Crippen MR) is 90.6 cm³/mol. The van der Waals surface area contributed by atoms with Crippen LogP contribution in [0.3, 0.4) is 0 Å². The highest BCUT2D eigenvalue weighted by molar-refractivity contribution is 7.18. The number of fused-ring (bicyclic) bond motifs is 3. The second kappa shape index (κ2) is 5.57. The molecule has 0 radical (unpaired) electrons. The van der Waals surface area contributed by atoms with E-state index >= 15 is 0 Å². The fraction of sp³-hybridized carbons (Fsp3) is 0.333. The molecule has 1 aliphatic carbocycles. The maximum absolute atomic E-state index is 13.8. The lowest BCUT2D eigenvalue weighted by Gasteiger charge is -2.17. The molecule has 118 valence electrons. The number of thiophene rings is 1. The van der Waals surface area contributed by atoms with Crippen LogP contribution in [0, 0.1) is 11.7 Å². The van der Waals surface area contributed by atoms with E-state index in [1.54, 1.807) is 35.9 Å². The zero-order chi connectivity index (χ0) is 16.0. The summed E-state index contributed by atoms with van der Waals surface area (Å²) in [5.41, 5.74) is 1.63. The van der Waals surface area contributed by atoms with Crippen LogP contribution in [0.1, 0.15) is 29.3 Å². The van der Waals surface area contributed by atoms with Gasteiger partial charge in [-0.15, -0.1) is 11.3 Å². The Balaban J connectivity index is 1.82. The molecule has 2 heterocycles. The van der Waals surface area contributed by atoms with Crippen molar-refractivity contribution in [2.24, 2.45) is 5.92 Å². The fourth-order valence-electron chi connectivity index (χ4n) is 3.29. The third-order valence-electron chi connectivity index (χ3n) is 4.58. The van der Waals surface area contributed by atoms with Crippen LogP contribution in [-0.2, 0) is 19.4 Å². The molecule has 1 unspecified atom stereocenters. The zero-order valence-electron chi connectivity index (χ0n) is 12.9. The first-order valence-corrected chi connectivity index (χ1v) is 8.68. The molecule has 0 saturated heterocycles. The van der Waals surface area contributed by atoms with Gasteiger partial charge in [-0.2, -0.15) is 0 Å². The number of nitrogens with zero attached hydrogens (tertiary/aromatic N) is 2. The SMILES string of the molecule is CC1CCc2c(sc3ncn(Cc4ccccc4F)c(=O)c23)C1. The molecule has 1 atom stereocenters. The maximum atomic E-state index is 13.8. The van der Waals surface area contributed by atoms with Gasteiger partial charge in [-0.3, -0.25) is 9.36 Å². The lowest BCUT2D eigenvalue weighted by atomic mass is 9.89. The van der Waals surface area contributed by atoms with Crippen molar-refractivity contribution in [2.45, 2.75) is 32.7 Å². The van der Waals surface area contributed by atoms with Gasteiger partial charge < -0.3 is 0 Å². The van der Waals surface area contributed by atoms with E-state index in [2.05, 4.69) is 11.9 Å². The minimum atomic E-state index is -0.291. The molecular weight excluding hydrogens is 311 g/mol. The number of aromatic nitrogens is 2. The summed E-state index contributed by atoms with van der Waals surface area (Å²) in [6.07, 6.45) is 4.63. The lowest BCUT2D eigenvalue weighted by molar-refractivity contribution is 0.509. The van der Waals surface area contributed by atoms with E-state index in [0.717, 1.165) is 29.5 Å². The largest absolute Gasteiger partial charge is 0.294 e. The summed E-state index contributed by atoms with van der Waals surface area (Å²) >= 11 is 1.64. The van der Waals surface area contributed by atoms with Crippen LogP contribution in [0.4, 0.5) is 4.39 Å². The molecular formula is C18H17FN2OS. The topological polar surface area (TPSA) is 34.9 Å². The summed E-state index contributed by atoms with van der Waals surface area (Å²) in [6.45, 7) is 2.46. The predicted octanol–water partition coefficient (Wildman–Crippen LogP) is 3.77. The van der Waals surface area contributed by atoms with Crippen molar-refractivity contribution in [3.8, 4) is 0 Å². The van der Waals surface area contributed by atoms with Gasteiger partial charge in [0.25, 0.3) is 5.56 Å². The van der Waals surface area contributed by atoms with Crippen LogP contribution < -0.4 is 5.56 Å². The van der Waals surface area contributed by atoms with Gasteiger partial charge in [0.15, 0.2) is 0 Å². The van der Waals surface area contributed by atoms with E-state index in [0.29, 0.717) is 11.5 Å². The van der Waals surface area contributed by atoms with Crippen molar-refractivity contribution < 1.29 is 4.39 Å². The monoisotopic (exact) mass is 328 g/mol. The van der Waals surface area contributed by atoms with Crippen molar-refractivity contribution in [3.63, 3.8) is 0 Å². The van der Waals surface area contributed by atoms with Gasteiger partial charge >= 0.3 is 0 Å². The molecule has 0 spiro atoms. The van der Waals surface area contributed by atoms with Crippen LogP contribution in [0.15, 0.2) is 35.4 Å². The van der Waals surface area contributed by atoms with Crippen molar-refractivity contribution in [2.75, 3.05) is 0 Å². The molecule has 1 aromatic carbocycles. The highest BCUT2D eigenvalue weighted by atomic mass is 32.1. The smallest absolute Gasteiger partial charge is 0.262 e. The standard InChI is InChI=1S/C18H17FN2OS/c1-11-6-7-13-15(8-11)23-17-16(13)18(22)21(10-20-17)9-12-4-2-3-5-14(12)19/h2-5,10-11H,6-9H2,1H3. The van der Waals surface area contributed by atoms with E-state index in [1.165, 1.54) is 21.1 Å². The number of hydrogen-bond donors (Lipinski definition) is 0. The Morgan fingerprint density at radius 2 is 2.22 bits per heavy atom. The average Bonchev–Trinajstić information content (AvgIpc) is 2.90. The minimum absolute atomic E-state index is 0.0506. The number of halogens is 1. The van der Waals surface area contributed by atoms with Crippen molar-refractivity contribution in [1.29, 1.82) is 0 Å². The van der Waals surface area contributed by atoms with Gasteiger partial charge in [0.05, 0.1) is 18.3 Å². The average molecular weight is 328 g/mol. The summed E-state index contributed by atoms with van der Waals surface area (Å²) in [6, 6.07) is 6.56. The molecule has 4 rings (SSSR count). The Morgan fingerprint density at radius 3 is 3.04 bits per heavy atom. The molecule has 1 aliphatic rings. The molecule has 23 heavy (non-hydrogen) atoms. The van der Waals surface area contributed by atoms with Crippen molar-refractivity contribution >= 4 is 21.6 Å². The molecule has 0 fully saturated rings. The van der Waals surface area contributed by atoms with Crippen LogP contribution in [0.5, 0.6) is 0 Å². The van der Waals surface area contributed by atoms with E-state index in [9.17, 15) is 9.18 Å². The molecule has 0 bridgehead atoms. The van der Waals surface area contributed by atoms with Gasteiger partial charge in [0.2, 0.25) is 0 Å². The van der Waals surface area contributed by atoms with Crippen LogP contribution in [0.2, 0.25) is 0 Å². The van der Waals surface area contributed by atoms with E-state index in [1.807, 2.05) is 0 Å². The fourth-order valence-corrected chi connectivity index (χ4v) is 4.63. The van der Waals surface area contributed by atoms with E-state index in [-0.39, 0.29) is 17.9 Å². The Kier molecular flexibility index (Phi) is 3.53. The van der Waals surface area contributed by atoms with Crippen LogP contribution in [-0.4, -0.2) is 9.55 Å². The third-order valence-corrected chi connectivity index (χ3v) is 5.74. The highest BCUT2D eigenvalue weighted by Crippen LogP contribution is 2.35. The molecule has 0 saturated carbocycles. The Hall–Kier alpha value is -2.01. The number of rotatable bonds is 2. The normalized spacial score (nSPS) is 17.4. The first-order valence-electron chi connectivity index (χ1n) is 7.86. The van der Waals surface area contributed by atoms with Crippen molar-refractivity contribution in [1.82, 2.24) is 9.55 Å². The van der Waals surface area contributed by atoms with Crippen molar-refractivity contribution in [3.05, 3.63) is 62.8 Å². The van der Waals surface area contributed by atoms with E-state index < -0.39 is 0 Å². The molecule has 3 nitrogen and oxygen atoms in total. The number of hydrogen-bond acceptors (Lipinski definition) is 3. The van der Waals surface area contributed by atoms with E-state index in [4.69, 9.17) is 0 Å². The molecule has 0 amide bonds. The summed E-state index contributed by atoms with van der Waals surface area (Å²) in [4.78, 5) is 19.4. The van der Waals surface area contributed by atoms with Gasteiger partial charge in [-0.1, -0.05) is 25.1 Å². The second-order valence-corrected chi connectivity index (χ2v) is 7.38. The highest BCUT2D eigenvalue weighted by Gasteiger charge is 2.23. The molecule has 2 aromatic heterocycles. The third kappa shape index (κ3) is 2.49. The lowest BCUT2D eigenvalue weighted by Crippen LogP contribution is -2.22. The zero-order valence-corrected chi connectivity index (χ0v) is 13.7. The van der Waals surface area contributed by atoms with Crippen LogP contribution >= 0.6 is 11.3 Å². The molecule has 5 heteroatoms. The number of benzene rings is 1. The second-order valence-electron chi connectivity index (χ2n) is 6.30. The van der Waals surface area contributed by atoms with Gasteiger partial charge in [-0.25, -0.2) is 9.37 Å². The summed E-state index contributed by atoms with van der Waals surface area (Å²) < 4.78 is 15.4. The first kappa shape index (κ1) is 14.6. The summed E-state index contributed by atoms with van der Waals surface area (Å²) in [5, 5.41) is 0.746. The summed E-state index contributed by atoms with van der Waals surface area (Å²) in [7, 11) is 0. The molecule has 0 aliphatic heterocycles. The molecule has 3 aromatic rings. The minimum Gasteiger partial charge on any atom is -0.294 e. The maximum Gasteiger partial charge on any atom is 0.262 e. The van der Waals surface area contributed by atoms with Gasteiger partial charge in [0, 0.05) is 10.4 Å². The summed E-state index contributed by atoms with van der Waals surface area (Å²) in [5.74, 6) is 0.372. The Bertz CT molecular complexity index is 944. The molecule has 0 N–H and O–H groups in total. The Labute approximate surface area is 137 Å². The van der Waals surface area contributed by atoms with Gasteiger partial charge in [0.1, 0.15) is 10.6 Å². The van der Waals surface area contributed by atoms with Gasteiger partial charge in [-0.05, 0) is 36.8 Å². The quantitative estimate of drug-likeness (QED) is 0.718. The Morgan fingerprint density at radius 1 is 1.39 bits per heavy atom. The number of aryl methyl sites for hydroxylation is 1.